The van der Waals surface area contributed by atoms with Gasteiger partial charge in [-0.25, -0.2) is 0 Å². The van der Waals surface area contributed by atoms with Gasteiger partial charge in [0.2, 0.25) is 11.8 Å². The van der Waals surface area contributed by atoms with Gasteiger partial charge in [-0.2, -0.15) is 0 Å². The van der Waals surface area contributed by atoms with Crippen molar-refractivity contribution in [1.82, 2.24) is 0 Å². The van der Waals surface area contributed by atoms with E-state index in [0.29, 0.717) is 44.3 Å². The maximum absolute atomic E-state index is 12.7. The molecular weight excluding hydrogens is 430 g/mol. The number of nitrogens with one attached hydrogen (secondary N) is 2. The number of hydrogen-bond donors (Lipinski definition) is 2. The van der Waals surface area contributed by atoms with Crippen LogP contribution in [-0.2, 0) is 9.59 Å². The lowest BCUT2D eigenvalue weighted by atomic mass is 9.99. The first kappa shape index (κ1) is 21.8. The van der Waals surface area contributed by atoms with E-state index in [1.807, 2.05) is 6.92 Å². The van der Waals surface area contributed by atoms with Crippen LogP contribution in [0.15, 0.2) is 36.4 Å². The molecule has 0 spiro atoms. The van der Waals surface area contributed by atoms with Crippen molar-refractivity contribution in [2.45, 2.75) is 26.2 Å². The zero-order chi connectivity index (χ0) is 20.0. The summed E-state index contributed by atoms with van der Waals surface area (Å²) in [5.74, 6) is -1.86. The van der Waals surface area contributed by atoms with Gasteiger partial charge >= 0.3 is 0 Å². The van der Waals surface area contributed by atoms with Crippen LogP contribution in [0.3, 0.4) is 0 Å². The second kappa shape index (κ2) is 10.2. The molecule has 0 fully saturated rings. The Hall–Kier alpha value is -1.46. The van der Waals surface area contributed by atoms with Gasteiger partial charge in [0, 0.05) is 10.0 Å². The van der Waals surface area contributed by atoms with E-state index in [9.17, 15) is 9.59 Å². The molecule has 0 aliphatic rings. The molecule has 27 heavy (non-hydrogen) atoms. The van der Waals surface area contributed by atoms with Gasteiger partial charge in [-0.15, -0.1) is 0 Å². The molecule has 0 saturated carbocycles. The first-order valence-corrected chi connectivity index (χ1v) is 9.84. The molecule has 0 aromatic heterocycles. The Morgan fingerprint density at radius 1 is 0.852 bits per heavy atom. The van der Waals surface area contributed by atoms with E-state index in [2.05, 4.69) is 10.6 Å². The van der Waals surface area contributed by atoms with Crippen molar-refractivity contribution in [3.05, 3.63) is 56.5 Å². The molecule has 2 aromatic rings. The van der Waals surface area contributed by atoms with Gasteiger partial charge in [0.25, 0.3) is 0 Å². The Balaban J connectivity index is 2.19. The van der Waals surface area contributed by atoms with E-state index in [0.717, 1.165) is 6.42 Å². The first-order valence-electron chi connectivity index (χ1n) is 8.33. The number of rotatable bonds is 7. The van der Waals surface area contributed by atoms with Crippen LogP contribution < -0.4 is 10.6 Å². The summed E-state index contributed by atoms with van der Waals surface area (Å²) in [7, 11) is 0. The van der Waals surface area contributed by atoms with E-state index >= 15 is 0 Å². The Morgan fingerprint density at radius 3 is 1.70 bits per heavy atom. The number of unbranched alkanes of at least 4 members (excludes halogenated alkanes) is 1. The van der Waals surface area contributed by atoms with Gasteiger partial charge in [-0.05, 0) is 42.8 Å². The highest BCUT2D eigenvalue weighted by Crippen LogP contribution is 2.28. The SMILES string of the molecule is CCCCC(C(=O)Nc1cc(Cl)ccc1Cl)C(=O)Nc1cc(Cl)ccc1Cl. The van der Waals surface area contributed by atoms with Gasteiger partial charge in [-0.1, -0.05) is 66.2 Å². The molecule has 0 atom stereocenters. The summed E-state index contributed by atoms with van der Waals surface area (Å²) in [6.45, 7) is 1.98. The van der Waals surface area contributed by atoms with Crippen molar-refractivity contribution in [2.24, 2.45) is 5.92 Å². The maximum atomic E-state index is 12.7. The maximum Gasteiger partial charge on any atom is 0.236 e. The Kier molecular flexibility index (Phi) is 8.24. The second-order valence-electron chi connectivity index (χ2n) is 5.92. The summed E-state index contributed by atoms with van der Waals surface area (Å²) in [6, 6.07) is 9.44. The fourth-order valence-electron chi connectivity index (χ4n) is 2.42. The van der Waals surface area contributed by atoms with Crippen molar-refractivity contribution in [1.29, 1.82) is 0 Å². The molecule has 0 unspecified atom stereocenters. The number of anilines is 2. The van der Waals surface area contributed by atoms with Crippen molar-refractivity contribution >= 4 is 69.6 Å². The third-order valence-corrected chi connectivity index (χ3v) is 4.98. The molecule has 4 nitrogen and oxygen atoms in total. The minimum atomic E-state index is -0.921. The van der Waals surface area contributed by atoms with Gasteiger partial charge in [0.05, 0.1) is 21.4 Å². The topological polar surface area (TPSA) is 58.2 Å². The molecule has 0 radical (unpaired) electrons. The zero-order valence-corrected chi connectivity index (χ0v) is 17.5. The molecule has 0 aliphatic carbocycles. The average molecular weight is 448 g/mol. The van der Waals surface area contributed by atoms with E-state index < -0.39 is 17.7 Å². The number of amides is 2. The van der Waals surface area contributed by atoms with Gasteiger partial charge in [0.15, 0.2) is 0 Å². The third-order valence-electron chi connectivity index (χ3n) is 3.85. The van der Waals surface area contributed by atoms with Crippen LogP contribution in [0.5, 0.6) is 0 Å². The van der Waals surface area contributed by atoms with Gasteiger partial charge < -0.3 is 10.6 Å². The Morgan fingerprint density at radius 2 is 1.30 bits per heavy atom. The highest BCUT2D eigenvalue weighted by Gasteiger charge is 2.27. The molecular formula is C19H18Cl4N2O2. The first-order chi connectivity index (χ1) is 12.8. The summed E-state index contributed by atoms with van der Waals surface area (Å²) < 4.78 is 0. The lowest BCUT2D eigenvalue weighted by Gasteiger charge is -2.18. The van der Waals surface area contributed by atoms with E-state index in [4.69, 9.17) is 46.4 Å². The van der Waals surface area contributed by atoms with Crippen molar-refractivity contribution in [2.75, 3.05) is 10.6 Å². The molecule has 8 heteroatoms. The fourth-order valence-corrected chi connectivity index (χ4v) is 3.09. The van der Waals surface area contributed by atoms with Gasteiger partial charge in [-0.3, -0.25) is 9.59 Å². The Labute approximate surface area is 178 Å². The molecule has 2 aromatic carbocycles. The second-order valence-corrected chi connectivity index (χ2v) is 7.61. The highest BCUT2D eigenvalue weighted by atomic mass is 35.5. The number of halogens is 4. The number of benzene rings is 2. The van der Waals surface area contributed by atoms with Crippen LogP contribution >= 0.6 is 46.4 Å². The summed E-state index contributed by atoms with van der Waals surface area (Å²) >= 11 is 24.1. The summed E-state index contributed by atoms with van der Waals surface area (Å²) in [5, 5.41) is 6.87. The van der Waals surface area contributed by atoms with Crippen molar-refractivity contribution in [3.63, 3.8) is 0 Å². The van der Waals surface area contributed by atoms with E-state index in [1.165, 1.54) is 12.1 Å². The van der Waals surface area contributed by atoms with Crippen LogP contribution in [0.25, 0.3) is 0 Å². The van der Waals surface area contributed by atoms with Crippen molar-refractivity contribution < 1.29 is 9.59 Å². The molecule has 0 saturated heterocycles. The molecule has 0 heterocycles. The highest BCUT2D eigenvalue weighted by molar-refractivity contribution is 6.36. The van der Waals surface area contributed by atoms with Crippen LogP contribution in [0.1, 0.15) is 26.2 Å². The third kappa shape index (κ3) is 6.28. The van der Waals surface area contributed by atoms with Crippen LogP contribution in [0, 0.1) is 5.92 Å². The average Bonchev–Trinajstić information content (AvgIpc) is 2.61. The summed E-state index contributed by atoms with van der Waals surface area (Å²) in [6.07, 6.45) is 1.93. The molecule has 0 bridgehead atoms. The summed E-state index contributed by atoms with van der Waals surface area (Å²) in [5.41, 5.74) is 0.702. The van der Waals surface area contributed by atoms with Crippen LogP contribution in [0.2, 0.25) is 20.1 Å². The van der Waals surface area contributed by atoms with E-state index in [1.54, 1.807) is 24.3 Å². The lowest BCUT2D eigenvalue weighted by Crippen LogP contribution is -2.34. The lowest BCUT2D eigenvalue weighted by molar-refractivity contribution is -0.129. The minimum absolute atomic E-state index is 0.334. The van der Waals surface area contributed by atoms with Gasteiger partial charge in [0.1, 0.15) is 5.92 Å². The normalized spacial score (nSPS) is 10.7. The molecule has 2 N–H and O–H groups in total. The number of carbonyl (C=O) groups is 2. The zero-order valence-electron chi connectivity index (χ0n) is 14.5. The predicted octanol–water partition coefficient (Wildman–Crippen LogP) is 6.68. The largest absolute Gasteiger partial charge is 0.324 e. The number of hydrogen-bond acceptors (Lipinski definition) is 2. The number of carbonyl (C=O) groups excluding carboxylic acids is 2. The standard InChI is InChI=1S/C19H18Cl4N2O2/c1-2-3-4-13(18(26)24-16-9-11(20)5-7-14(16)22)19(27)25-17-10-12(21)6-8-15(17)23/h5-10,13H,2-4H2,1H3,(H,24,26)(H,25,27). The fraction of sp³-hybridized carbons (Fsp3) is 0.263. The van der Waals surface area contributed by atoms with Crippen LogP contribution in [0.4, 0.5) is 11.4 Å². The van der Waals surface area contributed by atoms with Crippen molar-refractivity contribution in [3.8, 4) is 0 Å². The summed E-state index contributed by atoms with van der Waals surface area (Å²) in [4.78, 5) is 25.5. The smallest absolute Gasteiger partial charge is 0.236 e. The molecule has 144 valence electrons. The van der Waals surface area contributed by atoms with E-state index in [-0.39, 0.29) is 0 Å². The molecule has 2 amide bonds. The monoisotopic (exact) mass is 446 g/mol. The predicted molar refractivity (Wildman–Crippen MR) is 113 cm³/mol. The van der Waals surface area contributed by atoms with Crippen LogP contribution in [-0.4, -0.2) is 11.8 Å². The molecule has 2 rings (SSSR count). The Bertz CT molecular complexity index is 777. The molecule has 0 aliphatic heterocycles. The quantitative estimate of drug-likeness (QED) is 0.464. The minimum Gasteiger partial charge on any atom is -0.324 e.